The molecule has 0 bridgehead atoms. The normalized spacial score (nSPS) is 13.3. The smallest absolute Gasteiger partial charge is 0.221 e. The van der Waals surface area contributed by atoms with E-state index < -0.39 is 5.54 Å². The zero-order chi connectivity index (χ0) is 15.2. The van der Waals surface area contributed by atoms with Gasteiger partial charge in [-0.1, -0.05) is 15.9 Å². The van der Waals surface area contributed by atoms with Gasteiger partial charge in [-0.25, -0.2) is 4.39 Å². The van der Waals surface area contributed by atoms with Gasteiger partial charge in [0.25, 0.3) is 0 Å². The molecule has 0 aliphatic carbocycles. The highest BCUT2D eigenvalue weighted by molar-refractivity contribution is 9.10. The third-order valence-corrected chi connectivity index (χ3v) is 3.50. The minimum atomic E-state index is -1.05. The number of aryl methyl sites for hydroxylation is 1. The van der Waals surface area contributed by atoms with E-state index in [-0.39, 0.29) is 24.8 Å². The van der Waals surface area contributed by atoms with Crippen LogP contribution >= 0.6 is 15.9 Å². The first-order chi connectivity index (χ1) is 9.40. The first-order valence-electron chi connectivity index (χ1n) is 6.05. The van der Waals surface area contributed by atoms with Crippen molar-refractivity contribution in [3.63, 3.8) is 0 Å². The van der Waals surface area contributed by atoms with Crippen molar-refractivity contribution in [2.24, 2.45) is 0 Å². The van der Waals surface area contributed by atoms with E-state index in [4.69, 9.17) is 10.00 Å². The van der Waals surface area contributed by atoms with Gasteiger partial charge in [0.1, 0.15) is 11.4 Å². The van der Waals surface area contributed by atoms with Crippen LogP contribution in [0.2, 0.25) is 0 Å². The number of carbonyl (C=O) groups excluding carboxylic acids is 1. The number of nitrogens with one attached hydrogen (secondary N) is 1. The van der Waals surface area contributed by atoms with Crippen LogP contribution in [-0.2, 0) is 16.0 Å². The first kappa shape index (κ1) is 16.6. The van der Waals surface area contributed by atoms with Gasteiger partial charge in [-0.3, -0.25) is 4.79 Å². The molecule has 1 aromatic rings. The number of ether oxygens (including phenoxy) is 1. The summed E-state index contributed by atoms with van der Waals surface area (Å²) in [5.41, 5.74) is -0.337. The number of hydrogen-bond donors (Lipinski definition) is 1. The van der Waals surface area contributed by atoms with E-state index in [1.807, 2.05) is 6.07 Å². The molecule has 0 heterocycles. The van der Waals surface area contributed by atoms with Crippen molar-refractivity contribution in [2.45, 2.75) is 25.3 Å². The molecule has 20 heavy (non-hydrogen) atoms. The summed E-state index contributed by atoms with van der Waals surface area (Å²) in [6.45, 7) is 1.70. The molecule has 0 aliphatic heterocycles. The number of nitrogens with zero attached hydrogens (tertiary/aromatic N) is 1. The number of carbonyl (C=O) groups is 1. The predicted octanol–water partition coefficient (Wildman–Crippen LogP) is 2.57. The van der Waals surface area contributed by atoms with Gasteiger partial charge in [-0.2, -0.15) is 5.26 Å². The van der Waals surface area contributed by atoms with E-state index in [0.717, 1.165) is 4.47 Å². The third kappa shape index (κ3) is 4.91. The van der Waals surface area contributed by atoms with Crippen LogP contribution in [0.3, 0.4) is 0 Å². The van der Waals surface area contributed by atoms with Gasteiger partial charge in [0.2, 0.25) is 5.91 Å². The Balaban J connectivity index is 2.60. The predicted molar refractivity (Wildman–Crippen MR) is 76.5 cm³/mol. The number of hydrogen-bond acceptors (Lipinski definition) is 3. The number of halogens is 2. The maximum Gasteiger partial charge on any atom is 0.221 e. The molecule has 0 saturated heterocycles. The molecule has 1 aromatic carbocycles. The Hall–Kier alpha value is -1.45. The Morgan fingerprint density at radius 2 is 2.30 bits per heavy atom. The van der Waals surface area contributed by atoms with Gasteiger partial charge in [0.05, 0.1) is 12.7 Å². The van der Waals surface area contributed by atoms with Gasteiger partial charge >= 0.3 is 0 Å². The molecular formula is C14H16BrFN2O2. The van der Waals surface area contributed by atoms with Crippen molar-refractivity contribution in [1.29, 1.82) is 5.26 Å². The van der Waals surface area contributed by atoms with Crippen LogP contribution in [0, 0.1) is 17.1 Å². The Kier molecular flexibility index (Phi) is 6.11. The summed E-state index contributed by atoms with van der Waals surface area (Å²) < 4.78 is 18.8. The summed E-state index contributed by atoms with van der Waals surface area (Å²) in [7, 11) is 1.46. The lowest BCUT2D eigenvalue weighted by Gasteiger charge is -2.22. The summed E-state index contributed by atoms with van der Waals surface area (Å²) in [4.78, 5) is 11.8. The summed E-state index contributed by atoms with van der Waals surface area (Å²) >= 11 is 3.31. The summed E-state index contributed by atoms with van der Waals surface area (Å²) in [5, 5.41) is 11.6. The molecule has 6 heteroatoms. The average Bonchev–Trinajstić information content (AvgIpc) is 2.40. The maximum absolute atomic E-state index is 13.1. The van der Waals surface area contributed by atoms with Crippen LogP contribution in [0.5, 0.6) is 0 Å². The third-order valence-electron chi connectivity index (χ3n) is 2.72. The first-order valence-corrected chi connectivity index (χ1v) is 6.84. The summed E-state index contributed by atoms with van der Waals surface area (Å²) in [6, 6.07) is 6.34. The standard InChI is InChI=1S/C14H16BrFN2O2/c1-14(8-17,9-20-2)18-13(19)6-3-10-7-11(16)4-5-12(10)15/h4-5,7H,3,6,9H2,1-2H3,(H,18,19). The second-order valence-corrected chi connectivity index (χ2v) is 5.52. The van der Waals surface area contributed by atoms with Crippen LogP contribution in [0.4, 0.5) is 4.39 Å². The monoisotopic (exact) mass is 342 g/mol. The van der Waals surface area contributed by atoms with E-state index in [1.165, 1.54) is 19.2 Å². The molecular weight excluding hydrogens is 327 g/mol. The lowest BCUT2D eigenvalue weighted by molar-refractivity contribution is -0.122. The molecule has 0 spiro atoms. The zero-order valence-corrected chi connectivity index (χ0v) is 13.0. The Bertz CT molecular complexity index is 530. The van der Waals surface area contributed by atoms with Crippen LogP contribution in [0.15, 0.2) is 22.7 Å². The van der Waals surface area contributed by atoms with E-state index in [9.17, 15) is 9.18 Å². The Labute approximate surface area is 126 Å². The molecule has 1 amide bonds. The average molecular weight is 343 g/mol. The molecule has 0 fully saturated rings. The number of methoxy groups -OCH3 is 1. The largest absolute Gasteiger partial charge is 0.381 e. The van der Waals surface area contributed by atoms with Gasteiger partial charge < -0.3 is 10.1 Å². The second kappa shape index (κ2) is 7.36. The quantitative estimate of drug-likeness (QED) is 0.864. The van der Waals surface area contributed by atoms with Crippen LogP contribution in [-0.4, -0.2) is 25.2 Å². The molecule has 108 valence electrons. The van der Waals surface area contributed by atoms with E-state index in [2.05, 4.69) is 21.2 Å². The fourth-order valence-corrected chi connectivity index (χ4v) is 2.18. The molecule has 1 unspecified atom stereocenters. The van der Waals surface area contributed by atoms with Crippen molar-refractivity contribution in [1.82, 2.24) is 5.32 Å². The van der Waals surface area contributed by atoms with Gasteiger partial charge in [0, 0.05) is 18.0 Å². The fraction of sp³-hybridized carbons (Fsp3) is 0.429. The van der Waals surface area contributed by atoms with Crippen molar-refractivity contribution in [3.8, 4) is 6.07 Å². The fourth-order valence-electron chi connectivity index (χ4n) is 1.74. The van der Waals surface area contributed by atoms with E-state index in [0.29, 0.717) is 12.0 Å². The second-order valence-electron chi connectivity index (χ2n) is 4.66. The molecule has 1 N–H and O–H groups in total. The van der Waals surface area contributed by atoms with Crippen molar-refractivity contribution in [3.05, 3.63) is 34.1 Å². The number of amides is 1. The molecule has 0 saturated carbocycles. The zero-order valence-electron chi connectivity index (χ0n) is 11.4. The van der Waals surface area contributed by atoms with Crippen molar-refractivity contribution >= 4 is 21.8 Å². The highest BCUT2D eigenvalue weighted by Gasteiger charge is 2.25. The molecule has 0 aromatic heterocycles. The van der Waals surface area contributed by atoms with Crippen LogP contribution in [0.1, 0.15) is 18.9 Å². The van der Waals surface area contributed by atoms with E-state index in [1.54, 1.807) is 13.0 Å². The molecule has 1 atom stereocenters. The SMILES string of the molecule is COCC(C)(C#N)NC(=O)CCc1cc(F)ccc1Br. The number of rotatable bonds is 6. The van der Waals surface area contributed by atoms with Gasteiger partial charge in [-0.15, -0.1) is 0 Å². The number of benzene rings is 1. The highest BCUT2D eigenvalue weighted by atomic mass is 79.9. The minimum Gasteiger partial charge on any atom is -0.381 e. The van der Waals surface area contributed by atoms with Gasteiger partial charge in [0.15, 0.2) is 0 Å². The van der Waals surface area contributed by atoms with E-state index >= 15 is 0 Å². The van der Waals surface area contributed by atoms with Gasteiger partial charge in [-0.05, 0) is 37.1 Å². The molecule has 1 rings (SSSR count). The highest BCUT2D eigenvalue weighted by Crippen LogP contribution is 2.19. The maximum atomic E-state index is 13.1. The van der Waals surface area contributed by atoms with Crippen molar-refractivity contribution in [2.75, 3.05) is 13.7 Å². The van der Waals surface area contributed by atoms with Crippen LogP contribution < -0.4 is 5.32 Å². The Morgan fingerprint density at radius 3 is 2.90 bits per heavy atom. The lowest BCUT2D eigenvalue weighted by atomic mass is 10.0. The molecule has 4 nitrogen and oxygen atoms in total. The summed E-state index contributed by atoms with van der Waals surface area (Å²) in [6.07, 6.45) is 0.557. The number of nitriles is 1. The van der Waals surface area contributed by atoms with Crippen LogP contribution in [0.25, 0.3) is 0 Å². The lowest BCUT2D eigenvalue weighted by Crippen LogP contribution is -2.48. The molecule has 0 radical (unpaired) electrons. The van der Waals surface area contributed by atoms with Crippen molar-refractivity contribution < 1.29 is 13.9 Å². The topological polar surface area (TPSA) is 62.1 Å². The molecule has 0 aliphatic rings. The Morgan fingerprint density at radius 1 is 1.60 bits per heavy atom. The minimum absolute atomic E-state index is 0.110. The summed E-state index contributed by atoms with van der Waals surface area (Å²) in [5.74, 6) is -0.618.